The number of hydrogen-bond donors (Lipinski definition) is 1. The van der Waals surface area contributed by atoms with Crippen LogP contribution in [0.25, 0.3) is 0 Å². The van der Waals surface area contributed by atoms with Gasteiger partial charge in [-0.05, 0) is 37.8 Å². The largest absolute Gasteiger partial charge is 0.384 e. The molecule has 0 aliphatic carbocycles. The highest BCUT2D eigenvalue weighted by atomic mass is 19.1. The summed E-state index contributed by atoms with van der Waals surface area (Å²) in [6.07, 6.45) is 2.33. The maximum atomic E-state index is 13.3. The van der Waals surface area contributed by atoms with E-state index in [0.717, 1.165) is 31.9 Å². The van der Waals surface area contributed by atoms with Gasteiger partial charge in [0.1, 0.15) is 5.82 Å². The molecule has 1 fully saturated rings. The molecule has 88 valence electrons. The molecule has 3 heteroatoms. The SMILES string of the molecule is Cc1c(F)cccc1NCC1CCCOC1. The van der Waals surface area contributed by atoms with Crippen LogP contribution in [0.5, 0.6) is 0 Å². The minimum Gasteiger partial charge on any atom is -0.384 e. The standard InChI is InChI=1S/C13H18FNO/c1-10-12(14)5-2-6-13(10)15-8-11-4-3-7-16-9-11/h2,5-6,11,15H,3-4,7-9H2,1H3. The van der Waals surface area contributed by atoms with Crippen LogP contribution < -0.4 is 5.32 Å². The van der Waals surface area contributed by atoms with Crippen molar-refractivity contribution in [3.05, 3.63) is 29.6 Å². The zero-order chi connectivity index (χ0) is 11.4. The Morgan fingerprint density at radius 2 is 2.38 bits per heavy atom. The highest BCUT2D eigenvalue weighted by Gasteiger charge is 2.14. The molecule has 1 atom stereocenters. The quantitative estimate of drug-likeness (QED) is 0.850. The van der Waals surface area contributed by atoms with E-state index in [2.05, 4.69) is 5.32 Å². The summed E-state index contributed by atoms with van der Waals surface area (Å²) in [5.41, 5.74) is 1.59. The normalized spacial score (nSPS) is 20.8. The maximum absolute atomic E-state index is 13.3. The molecule has 1 heterocycles. The molecule has 1 saturated heterocycles. The van der Waals surface area contributed by atoms with Gasteiger partial charge in [-0.15, -0.1) is 0 Å². The van der Waals surface area contributed by atoms with Crippen LogP contribution in [0.1, 0.15) is 18.4 Å². The third-order valence-electron chi connectivity index (χ3n) is 3.10. The third kappa shape index (κ3) is 2.73. The average Bonchev–Trinajstić information content (AvgIpc) is 2.32. The van der Waals surface area contributed by atoms with Gasteiger partial charge in [0.05, 0.1) is 6.61 Å². The third-order valence-corrected chi connectivity index (χ3v) is 3.10. The van der Waals surface area contributed by atoms with Crippen LogP contribution in [-0.4, -0.2) is 19.8 Å². The first-order chi connectivity index (χ1) is 7.77. The summed E-state index contributed by atoms with van der Waals surface area (Å²) in [7, 11) is 0. The summed E-state index contributed by atoms with van der Waals surface area (Å²) in [5, 5.41) is 3.30. The predicted molar refractivity (Wildman–Crippen MR) is 63.2 cm³/mol. The van der Waals surface area contributed by atoms with E-state index in [4.69, 9.17) is 4.74 Å². The molecule has 0 saturated carbocycles. The van der Waals surface area contributed by atoms with Gasteiger partial charge in [-0.3, -0.25) is 0 Å². The number of benzene rings is 1. The van der Waals surface area contributed by atoms with E-state index in [9.17, 15) is 4.39 Å². The van der Waals surface area contributed by atoms with E-state index in [-0.39, 0.29) is 5.82 Å². The minimum atomic E-state index is -0.148. The topological polar surface area (TPSA) is 21.3 Å². The Hall–Kier alpha value is -1.09. The van der Waals surface area contributed by atoms with Gasteiger partial charge in [0.2, 0.25) is 0 Å². The van der Waals surface area contributed by atoms with Gasteiger partial charge in [0, 0.05) is 24.4 Å². The Morgan fingerprint density at radius 3 is 3.12 bits per heavy atom. The number of anilines is 1. The number of ether oxygens (including phenoxy) is 1. The summed E-state index contributed by atoms with van der Waals surface area (Å²) in [6, 6.07) is 5.15. The summed E-state index contributed by atoms with van der Waals surface area (Å²) in [5.74, 6) is 0.404. The Kier molecular flexibility index (Phi) is 3.78. The fourth-order valence-electron chi connectivity index (χ4n) is 2.02. The highest BCUT2D eigenvalue weighted by molar-refractivity contribution is 5.50. The summed E-state index contributed by atoms with van der Waals surface area (Å²) >= 11 is 0. The molecule has 16 heavy (non-hydrogen) atoms. The van der Waals surface area contributed by atoms with E-state index in [1.807, 2.05) is 6.07 Å². The van der Waals surface area contributed by atoms with Crippen LogP contribution in [0.3, 0.4) is 0 Å². The van der Waals surface area contributed by atoms with Crippen LogP contribution in [0, 0.1) is 18.7 Å². The lowest BCUT2D eigenvalue weighted by Gasteiger charge is -2.23. The zero-order valence-corrected chi connectivity index (χ0v) is 9.63. The Labute approximate surface area is 95.8 Å². The summed E-state index contributed by atoms with van der Waals surface area (Å²) < 4.78 is 18.7. The van der Waals surface area contributed by atoms with Gasteiger partial charge in [0.25, 0.3) is 0 Å². The van der Waals surface area contributed by atoms with Gasteiger partial charge in [-0.2, -0.15) is 0 Å². The molecule has 0 spiro atoms. The predicted octanol–water partition coefficient (Wildman–Crippen LogP) is 2.97. The van der Waals surface area contributed by atoms with E-state index in [0.29, 0.717) is 11.5 Å². The van der Waals surface area contributed by atoms with Crippen molar-refractivity contribution >= 4 is 5.69 Å². The van der Waals surface area contributed by atoms with Crippen LogP contribution in [0.4, 0.5) is 10.1 Å². The van der Waals surface area contributed by atoms with Gasteiger partial charge in [0.15, 0.2) is 0 Å². The molecule has 2 nitrogen and oxygen atoms in total. The molecule has 0 aromatic heterocycles. The minimum absolute atomic E-state index is 0.148. The summed E-state index contributed by atoms with van der Waals surface area (Å²) in [6.45, 7) is 4.37. The molecular weight excluding hydrogens is 205 g/mol. The lowest BCUT2D eigenvalue weighted by atomic mass is 10.0. The second kappa shape index (κ2) is 5.30. The zero-order valence-electron chi connectivity index (χ0n) is 9.63. The van der Waals surface area contributed by atoms with E-state index in [1.54, 1.807) is 13.0 Å². The second-order valence-electron chi connectivity index (χ2n) is 4.38. The van der Waals surface area contributed by atoms with Crippen molar-refractivity contribution in [1.82, 2.24) is 0 Å². The van der Waals surface area contributed by atoms with Crippen molar-refractivity contribution in [2.24, 2.45) is 5.92 Å². The van der Waals surface area contributed by atoms with Crippen molar-refractivity contribution in [3.8, 4) is 0 Å². The van der Waals surface area contributed by atoms with Gasteiger partial charge in [-0.25, -0.2) is 4.39 Å². The second-order valence-corrected chi connectivity index (χ2v) is 4.38. The van der Waals surface area contributed by atoms with Crippen molar-refractivity contribution < 1.29 is 9.13 Å². The molecular formula is C13H18FNO. The number of rotatable bonds is 3. The number of hydrogen-bond acceptors (Lipinski definition) is 2. The molecule has 1 aromatic rings. The highest BCUT2D eigenvalue weighted by Crippen LogP contribution is 2.19. The smallest absolute Gasteiger partial charge is 0.128 e. The molecule has 1 unspecified atom stereocenters. The molecule has 1 aliphatic rings. The van der Waals surface area contributed by atoms with Gasteiger partial charge in [-0.1, -0.05) is 6.07 Å². The van der Waals surface area contributed by atoms with Crippen molar-refractivity contribution in [2.75, 3.05) is 25.1 Å². The fraction of sp³-hybridized carbons (Fsp3) is 0.538. The number of halogens is 1. The molecule has 1 aromatic carbocycles. The first-order valence-corrected chi connectivity index (χ1v) is 5.84. The maximum Gasteiger partial charge on any atom is 0.128 e. The van der Waals surface area contributed by atoms with E-state index < -0.39 is 0 Å². The van der Waals surface area contributed by atoms with E-state index in [1.165, 1.54) is 12.5 Å². The number of nitrogens with one attached hydrogen (secondary N) is 1. The molecule has 2 rings (SSSR count). The molecule has 0 radical (unpaired) electrons. The lowest BCUT2D eigenvalue weighted by molar-refractivity contribution is 0.0595. The Morgan fingerprint density at radius 1 is 1.50 bits per heavy atom. The van der Waals surface area contributed by atoms with Gasteiger partial charge >= 0.3 is 0 Å². The molecule has 1 aliphatic heterocycles. The van der Waals surface area contributed by atoms with Crippen molar-refractivity contribution in [1.29, 1.82) is 0 Å². The van der Waals surface area contributed by atoms with Crippen LogP contribution in [-0.2, 0) is 4.74 Å². The lowest BCUT2D eigenvalue weighted by Crippen LogP contribution is -2.24. The van der Waals surface area contributed by atoms with Crippen LogP contribution >= 0.6 is 0 Å². The first-order valence-electron chi connectivity index (χ1n) is 5.84. The molecule has 1 N–H and O–H groups in total. The summed E-state index contributed by atoms with van der Waals surface area (Å²) in [4.78, 5) is 0. The fourth-order valence-corrected chi connectivity index (χ4v) is 2.02. The van der Waals surface area contributed by atoms with Crippen molar-refractivity contribution in [2.45, 2.75) is 19.8 Å². The average molecular weight is 223 g/mol. The van der Waals surface area contributed by atoms with Crippen LogP contribution in [0.2, 0.25) is 0 Å². The van der Waals surface area contributed by atoms with Gasteiger partial charge < -0.3 is 10.1 Å². The monoisotopic (exact) mass is 223 g/mol. The first kappa shape index (κ1) is 11.4. The van der Waals surface area contributed by atoms with Crippen molar-refractivity contribution in [3.63, 3.8) is 0 Å². The van der Waals surface area contributed by atoms with Crippen LogP contribution in [0.15, 0.2) is 18.2 Å². The molecule has 0 bridgehead atoms. The molecule has 0 amide bonds. The Balaban J connectivity index is 1.91. The Bertz CT molecular complexity index is 348. The van der Waals surface area contributed by atoms with E-state index >= 15 is 0 Å².